The van der Waals surface area contributed by atoms with Gasteiger partial charge in [-0.3, -0.25) is 0 Å². The van der Waals surface area contributed by atoms with E-state index in [9.17, 15) is 0 Å². The first-order chi connectivity index (χ1) is 10.3. The minimum absolute atomic E-state index is 0.651. The molecule has 1 saturated heterocycles. The molecule has 0 unspecified atom stereocenters. The number of ether oxygens (including phenoxy) is 1. The molecular formula is C16H16N4O. The van der Waals surface area contributed by atoms with E-state index in [0.29, 0.717) is 18.8 Å². The van der Waals surface area contributed by atoms with E-state index in [4.69, 9.17) is 10.00 Å². The predicted molar refractivity (Wildman–Crippen MR) is 80.0 cm³/mol. The standard InChI is InChI=1S/C16H16N4O/c1-12-10-15(14-4-2-13(11-17)3-5-14)19-16(18-12)20-6-8-21-9-7-20/h2-5,10H,6-9H2,1H3. The molecule has 3 rings (SSSR count). The summed E-state index contributed by atoms with van der Waals surface area (Å²) in [6.45, 7) is 5.03. The van der Waals surface area contributed by atoms with Gasteiger partial charge in [0.2, 0.25) is 5.95 Å². The van der Waals surface area contributed by atoms with Gasteiger partial charge in [-0.15, -0.1) is 0 Å². The molecule has 5 heteroatoms. The molecule has 0 bridgehead atoms. The van der Waals surface area contributed by atoms with E-state index in [1.54, 1.807) is 12.1 Å². The molecule has 1 aromatic heterocycles. The molecule has 2 heterocycles. The van der Waals surface area contributed by atoms with Crippen LogP contribution in [0.15, 0.2) is 30.3 Å². The molecule has 0 radical (unpaired) electrons. The van der Waals surface area contributed by atoms with Crippen LogP contribution in [0.2, 0.25) is 0 Å². The maximum atomic E-state index is 8.86. The van der Waals surface area contributed by atoms with Crippen LogP contribution in [0.25, 0.3) is 11.3 Å². The summed E-state index contributed by atoms with van der Waals surface area (Å²) in [4.78, 5) is 11.3. The van der Waals surface area contributed by atoms with Crippen molar-refractivity contribution in [3.8, 4) is 17.3 Å². The second kappa shape index (κ2) is 5.90. The normalized spacial score (nSPS) is 14.8. The second-order valence-corrected chi connectivity index (χ2v) is 4.98. The molecule has 1 aromatic carbocycles. The summed E-state index contributed by atoms with van der Waals surface area (Å²) in [7, 11) is 0. The second-order valence-electron chi connectivity index (χ2n) is 4.98. The molecule has 21 heavy (non-hydrogen) atoms. The van der Waals surface area contributed by atoms with Crippen LogP contribution in [0.3, 0.4) is 0 Å². The Labute approximate surface area is 123 Å². The topological polar surface area (TPSA) is 62.0 Å². The van der Waals surface area contributed by atoms with Gasteiger partial charge in [0.05, 0.1) is 30.5 Å². The third kappa shape index (κ3) is 3.01. The monoisotopic (exact) mass is 280 g/mol. The van der Waals surface area contributed by atoms with Gasteiger partial charge in [-0.1, -0.05) is 12.1 Å². The van der Waals surface area contributed by atoms with Crippen molar-refractivity contribution in [2.75, 3.05) is 31.2 Å². The SMILES string of the molecule is Cc1cc(-c2ccc(C#N)cc2)nc(N2CCOCC2)n1. The Hall–Kier alpha value is -2.45. The number of aromatic nitrogens is 2. The molecule has 0 atom stereocenters. The number of aryl methyl sites for hydroxylation is 1. The van der Waals surface area contributed by atoms with Crippen LogP contribution in [0.1, 0.15) is 11.3 Å². The lowest BCUT2D eigenvalue weighted by Gasteiger charge is -2.27. The van der Waals surface area contributed by atoms with Gasteiger partial charge in [0.25, 0.3) is 0 Å². The van der Waals surface area contributed by atoms with Crippen LogP contribution >= 0.6 is 0 Å². The molecule has 2 aromatic rings. The lowest BCUT2D eigenvalue weighted by molar-refractivity contribution is 0.122. The highest BCUT2D eigenvalue weighted by Gasteiger charge is 2.15. The molecule has 1 aliphatic rings. The average Bonchev–Trinajstić information content (AvgIpc) is 2.55. The predicted octanol–water partition coefficient (Wildman–Crippen LogP) is 2.16. The van der Waals surface area contributed by atoms with Crippen LogP contribution < -0.4 is 4.90 Å². The Bertz CT molecular complexity index is 670. The molecule has 106 valence electrons. The zero-order valence-electron chi connectivity index (χ0n) is 11.9. The first-order valence-electron chi connectivity index (χ1n) is 6.95. The fraction of sp³-hybridized carbons (Fsp3) is 0.312. The highest BCUT2D eigenvalue weighted by atomic mass is 16.5. The fourth-order valence-electron chi connectivity index (χ4n) is 2.32. The lowest BCUT2D eigenvalue weighted by atomic mass is 10.1. The van der Waals surface area contributed by atoms with Gasteiger partial charge in [0.15, 0.2) is 0 Å². The molecule has 1 aliphatic heterocycles. The summed E-state index contributed by atoms with van der Waals surface area (Å²) in [5.41, 5.74) is 3.46. The third-order valence-corrected chi connectivity index (χ3v) is 3.45. The van der Waals surface area contributed by atoms with Gasteiger partial charge in [-0.25, -0.2) is 9.97 Å². The summed E-state index contributed by atoms with van der Waals surface area (Å²) in [6, 6.07) is 11.5. The number of nitriles is 1. The van der Waals surface area contributed by atoms with E-state index < -0.39 is 0 Å². The molecule has 0 saturated carbocycles. The zero-order valence-corrected chi connectivity index (χ0v) is 11.9. The molecule has 0 N–H and O–H groups in total. The van der Waals surface area contributed by atoms with Gasteiger partial charge in [-0.05, 0) is 25.1 Å². The van der Waals surface area contributed by atoms with Crippen molar-refractivity contribution in [2.45, 2.75) is 6.92 Å². The first kappa shape index (κ1) is 13.5. The van der Waals surface area contributed by atoms with Crippen molar-refractivity contribution in [3.05, 3.63) is 41.6 Å². The number of hydrogen-bond donors (Lipinski definition) is 0. The molecular weight excluding hydrogens is 264 g/mol. The Morgan fingerprint density at radius 3 is 2.52 bits per heavy atom. The summed E-state index contributed by atoms with van der Waals surface area (Å²) in [5, 5.41) is 8.86. The molecule has 0 aliphatic carbocycles. The maximum Gasteiger partial charge on any atom is 0.226 e. The summed E-state index contributed by atoms with van der Waals surface area (Å²) in [6.07, 6.45) is 0. The van der Waals surface area contributed by atoms with Crippen molar-refractivity contribution in [1.29, 1.82) is 5.26 Å². The van der Waals surface area contributed by atoms with E-state index >= 15 is 0 Å². The largest absolute Gasteiger partial charge is 0.378 e. The average molecular weight is 280 g/mol. The van der Waals surface area contributed by atoms with Crippen LogP contribution in [-0.2, 0) is 4.74 Å². The highest BCUT2D eigenvalue weighted by Crippen LogP contribution is 2.21. The van der Waals surface area contributed by atoms with Gasteiger partial charge >= 0.3 is 0 Å². The van der Waals surface area contributed by atoms with E-state index in [0.717, 1.165) is 36.0 Å². The molecule has 5 nitrogen and oxygen atoms in total. The number of benzene rings is 1. The number of morpholine rings is 1. The van der Waals surface area contributed by atoms with Crippen LogP contribution in [-0.4, -0.2) is 36.3 Å². The quantitative estimate of drug-likeness (QED) is 0.843. The summed E-state index contributed by atoms with van der Waals surface area (Å²) >= 11 is 0. The number of hydrogen-bond acceptors (Lipinski definition) is 5. The number of rotatable bonds is 2. The summed E-state index contributed by atoms with van der Waals surface area (Å²) < 4.78 is 5.36. The van der Waals surface area contributed by atoms with Crippen molar-refractivity contribution in [3.63, 3.8) is 0 Å². The highest BCUT2D eigenvalue weighted by molar-refractivity contribution is 5.62. The molecule has 0 spiro atoms. The lowest BCUT2D eigenvalue weighted by Crippen LogP contribution is -2.37. The Kier molecular flexibility index (Phi) is 3.80. The third-order valence-electron chi connectivity index (χ3n) is 3.45. The summed E-state index contributed by atoms with van der Waals surface area (Å²) in [5.74, 6) is 0.748. The Morgan fingerprint density at radius 1 is 1.14 bits per heavy atom. The number of nitrogens with zero attached hydrogens (tertiary/aromatic N) is 4. The van der Waals surface area contributed by atoms with Gasteiger partial charge < -0.3 is 9.64 Å². The minimum Gasteiger partial charge on any atom is -0.378 e. The molecule has 0 amide bonds. The van der Waals surface area contributed by atoms with Crippen molar-refractivity contribution < 1.29 is 4.74 Å². The van der Waals surface area contributed by atoms with Gasteiger partial charge in [0, 0.05) is 24.3 Å². The van der Waals surface area contributed by atoms with E-state index in [1.807, 2.05) is 25.1 Å². The minimum atomic E-state index is 0.651. The van der Waals surface area contributed by atoms with E-state index in [2.05, 4.69) is 20.9 Å². The first-order valence-corrected chi connectivity index (χ1v) is 6.95. The van der Waals surface area contributed by atoms with Crippen LogP contribution in [0, 0.1) is 18.3 Å². The van der Waals surface area contributed by atoms with E-state index in [-0.39, 0.29) is 0 Å². The van der Waals surface area contributed by atoms with Gasteiger partial charge in [0.1, 0.15) is 0 Å². The van der Waals surface area contributed by atoms with Crippen LogP contribution in [0.5, 0.6) is 0 Å². The Balaban J connectivity index is 1.94. The van der Waals surface area contributed by atoms with Crippen molar-refractivity contribution in [2.24, 2.45) is 0 Å². The Morgan fingerprint density at radius 2 is 1.86 bits per heavy atom. The van der Waals surface area contributed by atoms with Gasteiger partial charge in [-0.2, -0.15) is 5.26 Å². The van der Waals surface area contributed by atoms with Crippen molar-refractivity contribution in [1.82, 2.24) is 9.97 Å². The fourth-order valence-corrected chi connectivity index (χ4v) is 2.32. The van der Waals surface area contributed by atoms with Crippen molar-refractivity contribution >= 4 is 5.95 Å². The van der Waals surface area contributed by atoms with Crippen LogP contribution in [0.4, 0.5) is 5.95 Å². The zero-order chi connectivity index (χ0) is 14.7. The smallest absolute Gasteiger partial charge is 0.226 e. The molecule has 1 fully saturated rings. The number of anilines is 1. The maximum absolute atomic E-state index is 8.86. The van der Waals surface area contributed by atoms with E-state index in [1.165, 1.54) is 0 Å².